The summed E-state index contributed by atoms with van der Waals surface area (Å²) in [4.78, 5) is 0. The van der Waals surface area contributed by atoms with E-state index in [0.29, 0.717) is 13.2 Å². The highest BCUT2D eigenvalue weighted by molar-refractivity contribution is 4.97. The van der Waals surface area contributed by atoms with Crippen molar-refractivity contribution in [3.05, 3.63) is 0 Å². The van der Waals surface area contributed by atoms with Crippen molar-refractivity contribution >= 4 is 0 Å². The third-order valence-electron chi connectivity index (χ3n) is 3.59. The van der Waals surface area contributed by atoms with E-state index in [0.717, 1.165) is 32.3 Å². The van der Waals surface area contributed by atoms with Crippen molar-refractivity contribution in [2.24, 2.45) is 11.1 Å². The highest BCUT2D eigenvalue weighted by Gasteiger charge is 2.46. The van der Waals surface area contributed by atoms with E-state index in [-0.39, 0.29) is 5.41 Å². The Bertz CT molecular complexity index is 174. The molecule has 1 aliphatic rings. The molecule has 0 radical (unpaired) electrons. The van der Waals surface area contributed by atoms with Crippen LogP contribution in [0, 0.1) is 5.41 Å². The summed E-state index contributed by atoms with van der Waals surface area (Å²) in [7, 11) is 0. The number of ether oxygens (including phenoxy) is 1. The lowest BCUT2D eigenvalue weighted by Gasteiger charge is -2.47. The molecule has 14 heavy (non-hydrogen) atoms. The van der Waals surface area contributed by atoms with Gasteiger partial charge in [-0.1, -0.05) is 13.3 Å². The van der Waals surface area contributed by atoms with Crippen molar-refractivity contribution < 1.29 is 9.84 Å². The Labute approximate surface area is 86.6 Å². The molecule has 0 aromatic rings. The lowest BCUT2D eigenvalue weighted by atomic mass is 9.67. The van der Waals surface area contributed by atoms with Gasteiger partial charge in [-0.15, -0.1) is 0 Å². The Morgan fingerprint density at radius 3 is 2.71 bits per heavy atom. The second kappa shape index (κ2) is 4.60. The largest absolute Gasteiger partial charge is 0.389 e. The Balaban J connectivity index is 2.75. The van der Waals surface area contributed by atoms with Crippen LogP contribution in [-0.4, -0.2) is 30.5 Å². The quantitative estimate of drug-likeness (QED) is 0.720. The van der Waals surface area contributed by atoms with Crippen molar-refractivity contribution in [1.29, 1.82) is 0 Å². The molecule has 1 fully saturated rings. The minimum Gasteiger partial charge on any atom is -0.389 e. The molecule has 1 aliphatic heterocycles. The van der Waals surface area contributed by atoms with Gasteiger partial charge < -0.3 is 15.6 Å². The second-order valence-corrected chi connectivity index (χ2v) is 4.66. The zero-order chi connectivity index (χ0) is 10.7. The van der Waals surface area contributed by atoms with Gasteiger partial charge in [0.2, 0.25) is 0 Å². The van der Waals surface area contributed by atoms with E-state index >= 15 is 0 Å². The number of rotatable bonds is 4. The maximum Gasteiger partial charge on any atom is 0.0709 e. The molecule has 1 saturated heterocycles. The molecule has 0 spiro atoms. The molecule has 0 amide bonds. The van der Waals surface area contributed by atoms with Crippen LogP contribution in [-0.2, 0) is 4.74 Å². The van der Waals surface area contributed by atoms with Crippen LogP contribution in [0.15, 0.2) is 0 Å². The van der Waals surface area contributed by atoms with E-state index in [2.05, 4.69) is 6.92 Å². The molecule has 3 nitrogen and oxygen atoms in total. The van der Waals surface area contributed by atoms with Gasteiger partial charge in [-0.05, 0) is 26.2 Å². The zero-order valence-electron chi connectivity index (χ0n) is 9.38. The molecule has 84 valence electrons. The van der Waals surface area contributed by atoms with E-state index in [1.807, 2.05) is 6.92 Å². The van der Waals surface area contributed by atoms with Gasteiger partial charge >= 0.3 is 0 Å². The van der Waals surface area contributed by atoms with E-state index in [1.165, 1.54) is 0 Å². The normalized spacial score (nSPS) is 32.6. The second-order valence-electron chi connectivity index (χ2n) is 4.66. The van der Waals surface area contributed by atoms with E-state index in [9.17, 15) is 5.11 Å². The van der Waals surface area contributed by atoms with Crippen LogP contribution in [0.1, 0.15) is 39.5 Å². The van der Waals surface area contributed by atoms with Crippen LogP contribution in [0.2, 0.25) is 0 Å². The summed E-state index contributed by atoms with van der Waals surface area (Å²) in [6.45, 7) is 5.92. The Morgan fingerprint density at radius 2 is 2.29 bits per heavy atom. The highest BCUT2D eigenvalue weighted by atomic mass is 16.5. The van der Waals surface area contributed by atoms with Crippen LogP contribution in [0.3, 0.4) is 0 Å². The Hall–Kier alpha value is -0.120. The topological polar surface area (TPSA) is 55.5 Å². The minimum absolute atomic E-state index is 0.221. The standard InChI is InChI=1S/C11H23NO2/c1-3-5-10(2,13)11(8-12)6-4-7-14-9-11/h13H,3-9,12H2,1-2H3. The Morgan fingerprint density at radius 1 is 1.57 bits per heavy atom. The van der Waals surface area contributed by atoms with Gasteiger partial charge in [0.15, 0.2) is 0 Å². The van der Waals surface area contributed by atoms with Gasteiger partial charge in [0, 0.05) is 18.6 Å². The van der Waals surface area contributed by atoms with Crippen LogP contribution in [0.25, 0.3) is 0 Å². The molecule has 0 saturated carbocycles. The van der Waals surface area contributed by atoms with Gasteiger partial charge in [0.05, 0.1) is 12.2 Å². The predicted octanol–water partition coefficient (Wildman–Crippen LogP) is 1.29. The molecule has 2 atom stereocenters. The lowest BCUT2D eigenvalue weighted by molar-refractivity contribution is -0.137. The van der Waals surface area contributed by atoms with Crippen molar-refractivity contribution in [3.63, 3.8) is 0 Å². The minimum atomic E-state index is -0.684. The number of hydrogen-bond acceptors (Lipinski definition) is 3. The SMILES string of the molecule is CCCC(C)(O)C1(CN)CCCOC1. The first-order chi connectivity index (χ1) is 6.58. The van der Waals surface area contributed by atoms with Gasteiger partial charge in [0.1, 0.15) is 0 Å². The van der Waals surface area contributed by atoms with Gasteiger partial charge in [-0.3, -0.25) is 0 Å². The first-order valence-electron chi connectivity index (χ1n) is 5.58. The summed E-state index contributed by atoms with van der Waals surface area (Å²) in [5.41, 5.74) is 4.91. The molecule has 0 aliphatic carbocycles. The summed E-state index contributed by atoms with van der Waals surface area (Å²) >= 11 is 0. The van der Waals surface area contributed by atoms with Crippen molar-refractivity contribution in [3.8, 4) is 0 Å². The van der Waals surface area contributed by atoms with Crippen molar-refractivity contribution in [1.82, 2.24) is 0 Å². The molecule has 3 heteroatoms. The molecule has 0 aromatic carbocycles. The third-order valence-corrected chi connectivity index (χ3v) is 3.59. The van der Waals surface area contributed by atoms with Crippen molar-refractivity contribution in [2.75, 3.05) is 19.8 Å². The van der Waals surface area contributed by atoms with Gasteiger partial charge in [0.25, 0.3) is 0 Å². The first kappa shape index (κ1) is 12.0. The molecule has 0 aromatic heterocycles. The van der Waals surface area contributed by atoms with E-state index in [1.54, 1.807) is 0 Å². The number of hydrogen-bond donors (Lipinski definition) is 2. The van der Waals surface area contributed by atoms with Crippen LogP contribution < -0.4 is 5.73 Å². The molecule has 1 rings (SSSR count). The maximum atomic E-state index is 10.4. The van der Waals surface area contributed by atoms with Crippen LogP contribution >= 0.6 is 0 Å². The molecular formula is C11H23NO2. The van der Waals surface area contributed by atoms with Crippen LogP contribution in [0.4, 0.5) is 0 Å². The molecular weight excluding hydrogens is 178 g/mol. The maximum absolute atomic E-state index is 10.4. The third kappa shape index (κ3) is 2.10. The van der Waals surface area contributed by atoms with Crippen LogP contribution in [0.5, 0.6) is 0 Å². The molecule has 2 unspecified atom stereocenters. The smallest absolute Gasteiger partial charge is 0.0709 e. The molecule has 1 heterocycles. The average Bonchev–Trinajstić information content (AvgIpc) is 2.18. The summed E-state index contributed by atoms with van der Waals surface area (Å²) in [5.74, 6) is 0. The van der Waals surface area contributed by atoms with Crippen molar-refractivity contribution in [2.45, 2.75) is 45.1 Å². The fourth-order valence-electron chi connectivity index (χ4n) is 2.41. The zero-order valence-corrected chi connectivity index (χ0v) is 9.38. The highest BCUT2D eigenvalue weighted by Crippen LogP contribution is 2.40. The average molecular weight is 201 g/mol. The summed E-state index contributed by atoms with van der Waals surface area (Å²) < 4.78 is 5.47. The van der Waals surface area contributed by atoms with Gasteiger partial charge in [-0.2, -0.15) is 0 Å². The monoisotopic (exact) mass is 201 g/mol. The van der Waals surface area contributed by atoms with E-state index in [4.69, 9.17) is 10.5 Å². The molecule has 3 N–H and O–H groups in total. The Kier molecular flexibility index (Phi) is 3.93. The number of nitrogens with two attached hydrogens (primary N) is 1. The fourth-order valence-corrected chi connectivity index (χ4v) is 2.41. The molecule has 0 bridgehead atoms. The predicted molar refractivity (Wildman–Crippen MR) is 57.1 cm³/mol. The summed E-state index contributed by atoms with van der Waals surface area (Å²) in [6.07, 6.45) is 3.77. The number of aliphatic hydroxyl groups is 1. The fraction of sp³-hybridized carbons (Fsp3) is 1.00. The summed E-state index contributed by atoms with van der Waals surface area (Å²) in [5, 5.41) is 10.4. The summed E-state index contributed by atoms with van der Waals surface area (Å²) in [6, 6.07) is 0. The van der Waals surface area contributed by atoms with E-state index < -0.39 is 5.60 Å². The first-order valence-corrected chi connectivity index (χ1v) is 5.58. The van der Waals surface area contributed by atoms with Gasteiger partial charge in [-0.25, -0.2) is 0 Å². The lowest BCUT2D eigenvalue weighted by Crippen LogP contribution is -2.55.